The average Bonchev–Trinajstić information content (AvgIpc) is 2.66. The van der Waals surface area contributed by atoms with Gasteiger partial charge in [0.25, 0.3) is 5.91 Å². The lowest BCUT2D eigenvalue weighted by molar-refractivity contribution is -0.142. The lowest BCUT2D eigenvalue weighted by Gasteiger charge is -2.38. The first-order valence-corrected chi connectivity index (χ1v) is 9.41. The number of hydrogen-bond donors (Lipinski definition) is 1. The molecular weight excluding hydrogens is 380 g/mol. The van der Waals surface area contributed by atoms with E-state index >= 15 is 0 Å². The summed E-state index contributed by atoms with van der Waals surface area (Å²) in [6, 6.07) is 9.15. The lowest BCUT2D eigenvalue weighted by atomic mass is 9.99. The van der Waals surface area contributed by atoms with Gasteiger partial charge in [-0.1, -0.05) is 11.6 Å². The van der Waals surface area contributed by atoms with Gasteiger partial charge in [0, 0.05) is 11.6 Å². The Labute approximate surface area is 169 Å². The fourth-order valence-corrected chi connectivity index (χ4v) is 3.64. The van der Waals surface area contributed by atoms with Crippen molar-refractivity contribution in [1.82, 2.24) is 4.90 Å². The minimum atomic E-state index is -0.437. The Morgan fingerprint density at radius 3 is 2.50 bits per heavy atom. The zero-order chi connectivity index (χ0) is 20.4. The molecule has 1 heterocycles. The van der Waals surface area contributed by atoms with E-state index < -0.39 is 5.97 Å². The molecule has 1 aliphatic heterocycles. The first-order chi connectivity index (χ1) is 13.3. The number of hydrogen-bond acceptors (Lipinski definition) is 5. The number of anilines is 1. The summed E-state index contributed by atoms with van der Waals surface area (Å²) in [7, 11) is 1.32. The highest BCUT2D eigenvalue weighted by molar-refractivity contribution is 6.31. The first kappa shape index (κ1) is 20.0. The molecule has 1 N–H and O–H groups in total. The number of fused-ring (bicyclic) bond motifs is 1. The van der Waals surface area contributed by atoms with Crippen LogP contribution in [0, 0.1) is 13.8 Å². The maximum Gasteiger partial charge on any atom is 0.343 e. The second-order valence-electron chi connectivity index (χ2n) is 6.68. The van der Waals surface area contributed by atoms with Crippen molar-refractivity contribution >= 4 is 29.2 Å². The number of carbonyl (C=O) groups is 2. The molecule has 1 atom stereocenters. The normalized spacial score (nSPS) is 15.7. The zero-order valence-electron chi connectivity index (χ0n) is 16.3. The second kappa shape index (κ2) is 8.10. The Hall–Kier alpha value is -2.73. The molecule has 3 rings (SSSR count). The van der Waals surface area contributed by atoms with Gasteiger partial charge in [-0.15, -0.1) is 0 Å². The Kier molecular flexibility index (Phi) is 5.79. The van der Waals surface area contributed by atoms with Gasteiger partial charge in [-0.3, -0.25) is 4.79 Å². The van der Waals surface area contributed by atoms with Gasteiger partial charge in [-0.25, -0.2) is 4.79 Å². The van der Waals surface area contributed by atoms with Crippen molar-refractivity contribution in [3.8, 4) is 5.75 Å². The molecule has 0 saturated heterocycles. The van der Waals surface area contributed by atoms with Crippen LogP contribution in [0.5, 0.6) is 5.75 Å². The predicted molar refractivity (Wildman–Crippen MR) is 108 cm³/mol. The Balaban J connectivity index is 1.95. The van der Waals surface area contributed by atoms with Crippen LogP contribution in [-0.2, 0) is 9.53 Å². The molecule has 0 saturated carbocycles. The summed E-state index contributed by atoms with van der Waals surface area (Å²) < 4.78 is 10.2. The molecular formula is C21H23ClN2O4. The molecule has 6 nitrogen and oxygen atoms in total. The summed E-state index contributed by atoms with van der Waals surface area (Å²) in [4.78, 5) is 26.1. The third-order valence-electron chi connectivity index (χ3n) is 4.78. The number of aryl methyl sites for hydroxylation is 2. The summed E-state index contributed by atoms with van der Waals surface area (Å²) in [5.74, 6) is 0.162. The average molecular weight is 403 g/mol. The smallest absolute Gasteiger partial charge is 0.343 e. The van der Waals surface area contributed by atoms with E-state index in [0.29, 0.717) is 28.6 Å². The number of nitrogens with one attached hydrogen (secondary N) is 1. The van der Waals surface area contributed by atoms with Crippen molar-refractivity contribution in [3.63, 3.8) is 0 Å². The van der Waals surface area contributed by atoms with Crippen molar-refractivity contribution in [3.05, 3.63) is 57.6 Å². The maximum absolute atomic E-state index is 13.0. The van der Waals surface area contributed by atoms with Crippen molar-refractivity contribution < 1.29 is 19.1 Å². The van der Waals surface area contributed by atoms with Crippen LogP contribution in [0.1, 0.15) is 40.1 Å². The fourth-order valence-electron chi connectivity index (χ4n) is 3.47. The summed E-state index contributed by atoms with van der Waals surface area (Å²) in [6.45, 7) is 6.17. The standard InChI is InChI=1S/C21H23ClN2O4/c1-5-24-20(23-17-10-15(22)6-7-16(17)21(24)26)14-8-12(2)19(13(3)9-14)28-11-18(25)27-4/h6-10,20,23H,5,11H2,1-4H3/t20-/m1/s1. The highest BCUT2D eigenvalue weighted by Crippen LogP contribution is 2.36. The van der Waals surface area contributed by atoms with Crippen molar-refractivity contribution in [2.75, 3.05) is 25.6 Å². The lowest BCUT2D eigenvalue weighted by Crippen LogP contribution is -2.42. The first-order valence-electron chi connectivity index (χ1n) is 9.03. The predicted octanol–water partition coefficient (Wildman–Crippen LogP) is 4.10. The third kappa shape index (κ3) is 3.78. The number of esters is 1. The molecule has 148 valence electrons. The van der Waals surface area contributed by atoms with Gasteiger partial charge in [0.2, 0.25) is 0 Å². The van der Waals surface area contributed by atoms with Crippen LogP contribution < -0.4 is 10.1 Å². The van der Waals surface area contributed by atoms with E-state index in [2.05, 4.69) is 10.1 Å². The van der Waals surface area contributed by atoms with Crippen LogP contribution >= 0.6 is 11.6 Å². The summed E-state index contributed by atoms with van der Waals surface area (Å²) in [5, 5.41) is 4.00. The molecule has 28 heavy (non-hydrogen) atoms. The number of amides is 1. The Morgan fingerprint density at radius 2 is 1.89 bits per heavy atom. The van der Waals surface area contributed by atoms with E-state index in [1.807, 2.05) is 32.9 Å². The van der Waals surface area contributed by atoms with Gasteiger partial charge in [-0.2, -0.15) is 0 Å². The van der Waals surface area contributed by atoms with Crippen molar-refractivity contribution in [2.45, 2.75) is 26.9 Å². The monoisotopic (exact) mass is 402 g/mol. The van der Waals surface area contributed by atoms with Crippen molar-refractivity contribution in [1.29, 1.82) is 0 Å². The summed E-state index contributed by atoms with van der Waals surface area (Å²) in [5.41, 5.74) is 4.01. The molecule has 0 aromatic heterocycles. The maximum atomic E-state index is 13.0. The molecule has 0 aliphatic carbocycles. The number of ether oxygens (including phenoxy) is 2. The summed E-state index contributed by atoms with van der Waals surface area (Å²) in [6.07, 6.45) is -0.324. The van der Waals surface area contributed by atoms with Gasteiger partial charge >= 0.3 is 5.97 Å². The Morgan fingerprint density at radius 1 is 1.21 bits per heavy atom. The SMILES string of the molecule is CCN1C(=O)c2ccc(Cl)cc2N[C@H]1c1cc(C)c(OCC(=O)OC)c(C)c1. The van der Waals surface area contributed by atoms with E-state index in [4.69, 9.17) is 16.3 Å². The third-order valence-corrected chi connectivity index (χ3v) is 5.01. The molecule has 2 aromatic rings. The van der Waals surface area contributed by atoms with Crippen LogP contribution in [-0.4, -0.2) is 37.0 Å². The minimum absolute atomic E-state index is 0.0424. The zero-order valence-corrected chi connectivity index (χ0v) is 17.1. The van der Waals surface area contributed by atoms with Crippen molar-refractivity contribution in [2.24, 2.45) is 0 Å². The Bertz CT molecular complexity index is 906. The minimum Gasteiger partial charge on any atom is -0.481 e. The fraction of sp³-hybridized carbons (Fsp3) is 0.333. The van der Waals surface area contributed by atoms with E-state index in [0.717, 1.165) is 16.7 Å². The van der Waals surface area contributed by atoms with Gasteiger partial charge < -0.3 is 19.7 Å². The van der Waals surface area contributed by atoms with Crippen LogP contribution in [0.15, 0.2) is 30.3 Å². The number of carbonyl (C=O) groups excluding carboxylic acids is 2. The number of benzene rings is 2. The number of rotatable bonds is 5. The topological polar surface area (TPSA) is 67.9 Å². The molecule has 0 bridgehead atoms. The van der Waals surface area contributed by atoms with Crippen LogP contribution in [0.2, 0.25) is 5.02 Å². The van der Waals surface area contributed by atoms with Gasteiger partial charge in [-0.05, 0) is 67.8 Å². The van der Waals surface area contributed by atoms with E-state index in [9.17, 15) is 9.59 Å². The highest BCUT2D eigenvalue weighted by Gasteiger charge is 2.32. The molecule has 0 spiro atoms. The summed E-state index contributed by atoms with van der Waals surface area (Å²) >= 11 is 6.11. The molecule has 0 unspecified atom stereocenters. The highest BCUT2D eigenvalue weighted by atomic mass is 35.5. The quantitative estimate of drug-likeness (QED) is 0.763. The molecule has 1 aliphatic rings. The van der Waals surface area contributed by atoms with Gasteiger partial charge in [0.15, 0.2) is 6.61 Å². The van der Waals surface area contributed by atoms with Gasteiger partial charge in [0.1, 0.15) is 11.9 Å². The van der Waals surface area contributed by atoms with E-state index in [1.54, 1.807) is 23.1 Å². The van der Waals surface area contributed by atoms with E-state index in [-0.39, 0.29) is 18.7 Å². The second-order valence-corrected chi connectivity index (χ2v) is 7.11. The van der Waals surface area contributed by atoms with E-state index in [1.165, 1.54) is 7.11 Å². The van der Waals surface area contributed by atoms with Crippen LogP contribution in [0.4, 0.5) is 5.69 Å². The largest absolute Gasteiger partial charge is 0.481 e. The number of halogens is 1. The molecule has 0 fully saturated rings. The molecule has 1 amide bonds. The van der Waals surface area contributed by atoms with Crippen LogP contribution in [0.3, 0.4) is 0 Å². The molecule has 0 radical (unpaired) electrons. The van der Waals surface area contributed by atoms with Crippen LogP contribution in [0.25, 0.3) is 0 Å². The molecule has 2 aromatic carbocycles. The van der Waals surface area contributed by atoms with Gasteiger partial charge in [0.05, 0.1) is 18.4 Å². The molecule has 7 heteroatoms. The number of methoxy groups -OCH3 is 1. The number of nitrogens with zero attached hydrogens (tertiary/aromatic N) is 1.